The van der Waals surface area contributed by atoms with Gasteiger partial charge in [-0.1, -0.05) is 12.8 Å². The smallest absolute Gasteiger partial charge is 0.106 e. The number of hydrogen-bond donors (Lipinski definition) is 2. The first-order chi connectivity index (χ1) is 9.18. The predicted octanol–water partition coefficient (Wildman–Crippen LogP) is 2.62. The fourth-order valence-electron chi connectivity index (χ4n) is 2.97. The Bertz CT molecular complexity index is 583. The molecule has 2 aromatic rings. The molecular weight excluding hydrogens is 258 g/mol. The minimum Gasteiger partial charge on any atom is -0.395 e. The Balaban J connectivity index is 1.96. The largest absolute Gasteiger partial charge is 0.395 e. The predicted molar refractivity (Wildman–Crippen MR) is 80.7 cm³/mol. The molecule has 102 valence electrons. The number of fused-ring (bicyclic) bond motifs is 1. The Morgan fingerprint density at radius 1 is 1.37 bits per heavy atom. The van der Waals surface area contributed by atoms with E-state index in [0.29, 0.717) is 0 Å². The van der Waals surface area contributed by atoms with Crippen molar-refractivity contribution in [1.82, 2.24) is 4.98 Å². The van der Waals surface area contributed by atoms with Gasteiger partial charge in [0, 0.05) is 7.05 Å². The molecule has 1 aliphatic rings. The average molecular weight is 277 g/mol. The van der Waals surface area contributed by atoms with Crippen LogP contribution in [0.25, 0.3) is 10.2 Å². The summed E-state index contributed by atoms with van der Waals surface area (Å²) < 4.78 is 1.11. The molecule has 2 unspecified atom stereocenters. The van der Waals surface area contributed by atoms with Gasteiger partial charge in [0.05, 0.1) is 33.7 Å². The highest BCUT2D eigenvalue weighted by atomic mass is 32.1. The van der Waals surface area contributed by atoms with E-state index in [-0.39, 0.29) is 12.1 Å². The molecule has 0 amide bonds. The standard InChI is InChI=1S/C14H19N3OS/c1-17(9-4-2-3-5-11(9)18)10-6-7-12-14(13(10)15)16-8-19-12/h6-9,11,18H,2-5,15H2,1H3. The summed E-state index contributed by atoms with van der Waals surface area (Å²) in [6, 6.07) is 4.26. The number of hydrogen-bond acceptors (Lipinski definition) is 5. The third-order valence-corrected chi connectivity index (χ3v) is 4.88. The van der Waals surface area contributed by atoms with Crippen LogP contribution in [-0.2, 0) is 0 Å². The molecule has 3 rings (SSSR count). The summed E-state index contributed by atoms with van der Waals surface area (Å²) in [6.45, 7) is 0. The first-order valence-electron chi connectivity index (χ1n) is 6.71. The van der Waals surface area contributed by atoms with E-state index in [9.17, 15) is 5.11 Å². The van der Waals surface area contributed by atoms with Gasteiger partial charge in [-0.3, -0.25) is 0 Å². The molecule has 2 atom stereocenters. The minimum atomic E-state index is -0.260. The van der Waals surface area contributed by atoms with Gasteiger partial charge in [-0.05, 0) is 25.0 Å². The van der Waals surface area contributed by atoms with Crippen molar-refractivity contribution in [3.8, 4) is 0 Å². The monoisotopic (exact) mass is 277 g/mol. The van der Waals surface area contributed by atoms with E-state index < -0.39 is 0 Å². The lowest BCUT2D eigenvalue weighted by Gasteiger charge is -2.37. The second-order valence-electron chi connectivity index (χ2n) is 5.23. The van der Waals surface area contributed by atoms with Crippen molar-refractivity contribution >= 4 is 32.9 Å². The SMILES string of the molecule is CN(c1ccc2scnc2c1N)C1CCCCC1O. The number of likely N-dealkylation sites (N-methyl/N-ethyl adjacent to an activating group) is 1. The molecule has 0 aliphatic heterocycles. The number of rotatable bonds is 2. The zero-order valence-electron chi connectivity index (χ0n) is 11.0. The quantitative estimate of drug-likeness (QED) is 0.828. The molecule has 0 bridgehead atoms. The fourth-order valence-corrected chi connectivity index (χ4v) is 3.66. The fraction of sp³-hybridized carbons (Fsp3) is 0.500. The zero-order valence-corrected chi connectivity index (χ0v) is 11.9. The van der Waals surface area contributed by atoms with Gasteiger partial charge in [-0.25, -0.2) is 4.98 Å². The topological polar surface area (TPSA) is 62.4 Å². The summed E-state index contributed by atoms with van der Waals surface area (Å²) in [4.78, 5) is 6.45. The van der Waals surface area contributed by atoms with E-state index in [1.54, 1.807) is 11.3 Å². The van der Waals surface area contributed by atoms with Crippen molar-refractivity contribution in [2.24, 2.45) is 0 Å². The number of thiazole rings is 1. The van der Waals surface area contributed by atoms with Crippen LogP contribution in [0.15, 0.2) is 17.6 Å². The molecule has 1 aliphatic carbocycles. The third-order valence-electron chi connectivity index (χ3n) is 4.09. The van der Waals surface area contributed by atoms with Crippen LogP contribution >= 0.6 is 11.3 Å². The van der Waals surface area contributed by atoms with Crippen LogP contribution < -0.4 is 10.6 Å². The van der Waals surface area contributed by atoms with Crippen LogP contribution in [0.1, 0.15) is 25.7 Å². The molecule has 19 heavy (non-hydrogen) atoms. The number of aromatic nitrogens is 1. The summed E-state index contributed by atoms with van der Waals surface area (Å²) in [5.74, 6) is 0. The summed E-state index contributed by atoms with van der Waals surface area (Å²) in [5, 5.41) is 10.2. The Labute approximate surface area is 116 Å². The molecule has 1 aromatic heterocycles. The Kier molecular flexibility index (Phi) is 3.33. The van der Waals surface area contributed by atoms with Crippen molar-refractivity contribution in [2.75, 3.05) is 17.7 Å². The molecule has 1 aromatic carbocycles. The highest BCUT2D eigenvalue weighted by Crippen LogP contribution is 2.35. The maximum atomic E-state index is 10.2. The van der Waals surface area contributed by atoms with Crippen LogP contribution in [0.2, 0.25) is 0 Å². The molecule has 0 radical (unpaired) electrons. The van der Waals surface area contributed by atoms with Crippen LogP contribution in [-0.4, -0.2) is 29.3 Å². The van der Waals surface area contributed by atoms with Gasteiger partial charge in [0.2, 0.25) is 0 Å². The Hall–Kier alpha value is -1.33. The third kappa shape index (κ3) is 2.17. The maximum Gasteiger partial charge on any atom is 0.106 e. The molecule has 1 fully saturated rings. The lowest BCUT2D eigenvalue weighted by molar-refractivity contribution is 0.106. The summed E-state index contributed by atoms with van der Waals surface area (Å²) in [7, 11) is 2.02. The van der Waals surface area contributed by atoms with Crippen molar-refractivity contribution in [3.05, 3.63) is 17.6 Å². The van der Waals surface area contributed by atoms with Crippen LogP contribution in [0.4, 0.5) is 11.4 Å². The van der Waals surface area contributed by atoms with Crippen molar-refractivity contribution in [1.29, 1.82) is 0 Å². The number of benzene rings is 1. The molecule has 1 heterocycles. The van der Waals surface area contributed by atoms with Gasteiger partial charge >= 0.3 is 0 Å². The highest BCUT2D eigenvalue weighted by Gasteiger charge is 2.28. The van der Waals surface area contributed by atoms with Gasteiger partial charge < -0.3 is 15.7 Å². The summed E-state index contributed by atoms with van der Waals surface area (Å²) >= 11 is 1.60. The molecule has 4 nitrogen and oxygen atoms in total. The van der Waals surface area contributed by atoms with Gasteiger partial charge in [0.15, 0.2) is 0 Å². The van der Waals surface area contributed by atoms with Crippen molar-refractivity contribution < 1.29 is 5.11 Å². The van der Waals surface area contributed by atoms with E-state index in [1.807, 2.05) is 18.6 Å². The number of aliphatic hydroxyl groups is 1. The number of nitrogens with zero attached hydrogens (tertiary/aromatic N) is 2. The zero-order chi connectivity index (χ0) is 13.4. The van der Waals surface area contributed by atoms with Gasteiger partial charge in [0.25, 0.3) is 0 Å². The first-order valence-corrected chi connectivity index (χ1v) is 7.59. The lowest BCUT2D eigenvalue weighted by atomic mass is 9.91. The van der Waals surface area contributed by atoms with E-state index in [0.717, 1.165) is 40.9 Å². The molecule has 3 N–H and O–H groups in total. The van der Waals surface area contributed by atoms with Crippen LogP contribution in [0, 0.1) is 0 Å². The van der Waals surface area contributed by atoms with E-state index in [2.05, 4.69) is 16.0 Å². The van der Waals surface area contributed by atoms with Gasteiger partial charge in [0.1, 0.15) is 5.52 Å². The summed E-state index contributed by atoms with van der Waals surface area (Å²) in [6.07, 6.45) is 3.93. The van der Waals surface area contributed by atoms with Crippen LogP contribution in [0.5, 0.6) is 0 Å². The molecule has 0 spiro atoms. The van der Waals surface area contributed by atoms with Crippen LogP contribution in [0.3, 0.4) is 0 Å². The van der Waals surface area contributed by atoms with E-state index in [4.69, 9.17) is 5.73 Å². The lowest BCUT2D eigenvalue weighted by Crippen LogP contribution is -2.43. The number of nitrogen functional groups attached to an aromatic ring is 1. The van der Waals surface area contributed by atoms with E-state index >= 15 is 0 Å². The van der Waals surface area contributed by atoms with Gasteiger partial charge in [-0.2, -0.15) is 0 Å². The highest BCUT2D eigenvalue weighted by molar-refractivity contribution is 7.16. The average Bonchev–Trinajstić information content (AvgIpc) is 2.88. The number of anilines is 2. The summed E-state index contributed by atoms with van der Waals surface area (Å²) in [5.41, 5.74) is 10.6. The first kappa shape index (κ1) is 12.7. The molecule has 5 heteroatoms. The van der Waals surface area contributed by atoms with E-state index in [1.165, 1.54) is 6.42 Å². The second-order valence-corrected chi connectivity index (χ2v) is 6.11. The number of aliphatic hydroxyl groups excluding tert-OH is 1. The molecule has 0 saturated heterocycles. The van der Waals surface area contributed by atoms with Crippen molar-refractivity contribution in [3.63, 3.8) is 0 Å². The van der Waals surface area contributed by atoms with Gasteiger partial charge in [-0.15, -0.1) is 11.3 Å². The molecular formula is C14H19N3OS. The normalized spacial score (nSPS) is 23.7. The Morgan fingerprint density at radius 2 is 2.16 bits per heavy atom. The second kappa shape index (κ2) is 4.98. The molecule has 1 saturated carbocycles. The maximum absolute atomic E-state index is 10.2. The number of nitrogens with two attached hydrogens (primary N) is 1. The Morgan fingerprint density at radius 3 is 2.95 bits per heavy atom. The minimum absolute atomic E-state index is 0.159. The van der Waals surface area contributed by atoms with Crippen molar-refractivity contribution in [2.45, 2.75) is 37.8 Å².